The van der Waals surface area contributed by atoms with Crippen LogP contribution in [0, 0.1) is 0 Å². The van der Waals surface area contributed by atoms with Gasteiger partial charge in [-0.1, -0.05) is 0 Å². The van der Waals surface area contributed by atoms with E-state index in [-0.39, 0.29) is 11.7 Å². The molecule has 0 fully saturated rings. The van der Waals surface area contributed by atoms with E-state index in [9.17, 15) is 9.90 Å². The molecule has 0 aromatic heterocycles. The van der Waals surface area contributed by atoms with Crippen LogP contribution in [0.2, 0.25) is 0 Å². The topological polar surface area (TPSA) is 74.2 Å². The molecule has 2 N–H and O–H groups in total. The number of carbonyl (C=O) groups excluding carboxylic acids is 1. The van der Waals surface area contributed by atoms with E-state index < -0.39 is 0 Å². The number of nitrogens with zero attached hydrogens (tertiary/aromatic N) is 2. The van der Waals surface area contributed by atoms with Crippen LogP contribution >= 0.6 is 0 Å². The van der Waals surface area contributed by atoms with Gasteiger partial charge in [-0.3, -0.25) is 4.79 Å². The zero-order valence-corrected chi connectivity index (χ0v) is 15.6. The summed E-state index contributed by atoms with van der Waals surface area (Å²) >= 11 is 0. The molecule has 2 rings (SSSR count). The standard InChI is InChI=1S/C20H25N3O3/c1-5-23(6-2)16-9-7-15(8-10-16)20(25)22-21-14(3)18-13-17(26-4)11-12-19(18)24/h7-13,24H,5-6H2,1-4H3,(H,22,25)/b21-14+. The first kappa shape index (κ1) is 19.3. The summed E-state index contributed by atoms with van der Waals surface area (Å²) in [5.74, 6) is 0.369. The third kappa shape index (κ3) is 4.53. The number of rotatable bonds is 7. The number of hydrogen-bond acceptors (Lipinski definition) is 5. The van der Waals surface area contributed by atoms with Gasteiger partial charge in [-0.25, -0.2) is 5.43 Å². The van der Waals surface area contributed by atoms with Crippen molar-refractivity contribution in [3.63, 3.8) is 0 Å². The van der Waals surface area contributed by atoms with Gasteiger partial charge in [-0.2, -0.15) is 5.10 Å². The van der Waals surface area contributed by atoms with E-state index >= 15 is 0 Å². The largest absolute Gasteiger partial charge is 0.507 e. The van der Waals surface area contributed by atoms with Crippen molar-refractivity contribution in [3.05, 3.63) is 53.6 Å². The Hall–Kier alpha value is -3.02. The molecule has 0 saturated heterocycles. The molecule has 0 spiro atoms. The van der Waals surface area contributed by atoms with Crippen molar-refractivity contribution in [1.82, 2.24) is 5.43 Å². The van der Waals surface area contributed by atoms with Crippen molar-refractivity contribution in [1.29, 1.82) is 0 Å². The Morgan fingerprint density at radius 3 is 2.38 bits per heavy atom. The molecule has 0 aliphatic heterocycles. The summed E-state index contributed by atoms with van der Waals surface area (Å²) in [4.78, 5) is 14.5. The predicted octanol–water partition coefficient (Wildman–Crippen LogP) is 3.40. The average molecular weight is 355 g/mol. The van der Waals surface area contributed by atoms with Crippen LogP contribution < -0.4 is 15.1 Å². The summed E-state index contributed by atoms with van der Waals surface area (Å²) in [6.07, 6.45) is 0. The molecule has 6 nitrogen and oxygen atoms in total. The third-order valence-electron chi connectivity index (χ3n) is 4.18. The Morgan fingerprint density at radius 1 is 1.15 bits per heavy atom. The lowest BCUT2D eigenvalue weighted by atomic mass is 10.1. The molecule has 0 aliphatic carbocycles. The summed E-state index contributed by atoms with van der Waals surface area (Å²) in [6.45, 7) is 7.72. The zero-order valence-electron chi connectivity index (χ0n) is 15.6. The average Bonchev–Trinajstić information content (AvgIpc) is 2.67. The lowest BCUT2D eigenvalue weighted by molar-refractivity contribution is 0.0955. The van der Waals surface area contributed by atoms with Crippen molar-refractivity contribution >= 4 is 17.3 Å². The summed E-state index contributed by atoms with van der Waals surface area (Å²) in [5, 5.41) is 14.0. The third-order valence-corrected chi connectivity index (χ3v) is 4.18. The van der Waals surface area contributed by atoms with Crippen molar-refractivity contribution in [2.45, 2.75) is 20.8 Å². The molecule has 0 aliphatic rings. The zero-order chi connectivity index (χ0) is 19.1. The molecule has 0 heterocycles. The number of aromatic hydroxyl groups is 1. The Balaban J connectivity index is 2.11. The van der Waals surface area contributed by atoms with Gasteiger partial charge < -0.3 is 14.7 Å². The summed E-state index contributed by atoms with van der Waals surface area (Å²) in [6, 6.07) is 12.2. The Kier molecular flexibility index (Phi) is 6.60. The molecule has 0 bridgehead atoms. The highest BCUT2D eigenvalue weighted by Gasteiger charge is 2.09. The molecule has 6 heteroatoms. The molecule has 2 aromatic carbocycles. The summed E-state index contributed by atoms with van der Waals surface area (Å²) < 4.78 is 5.15. The Morgan fingerprint density at radius 2 is 1.81 bits per heavy atom. The second kappa shape index (κ2) is 8.89. The van der Waals surface area contributed by atoms with Gasteiger partial charge in [0, 0.05) is 29.9 Å². The van der Waals surface area contributed by atoms with Gasteiger partial charge in [0.25, 0.3) is 5.91 Å². The SMILES string of the molecule is CCN(CC)c1ccc(C(=O)N/N=C(\C)c2cc(OC)ccc2O)cc1. The number of ether oxygens (including phenoxy) is 1. The van der Waals surface area contributed by atoms with Crippen LogP contribution in [-0.2, 0) is 0 Å². The number of amides is 1. The fourth-order valence-corrected chi connectivity index (χ4v) is 2.60. The highest BCUT2D eigenvalue weighted by molar-refractivity contribution is 6.03. The minimum absolute atomic E-state index is 0.0740. The fourth-order valence-electron chi connectivity index (χ4n) is 2.60. The van der Waals surface area contributed by atoms with E-state index in [1.807, 2.05) is 12.1 Å². The molecular formula is C20H25N3O3. The molecule has 26 heavy (non-hydrogen) atoms. The number of carbonyl (C=O) groups is 1. The highest BCUT2D eigenvalue weighted by atomic mass is 16.5. The molecule has 0 atom stereocenters. The number of nitrogens with one attached hydrogen (secondary N) is 1. The lowest BCUT2D eigenvalue weighted by Gasteiger charge is -2.20. The van der Waals surface area contributed by atoms with E-state index in [0.717, 1.165) is 18.8 Å². The summed E-state index contributed by atoms with van der Waals surface area (Å²) in [7, 11) is 1.55. The summed E-state index contributed by atoms with van der Waals surface area (Å²) in [5.41, 5.74) is 5.10. The maximum atomic E-state index is 12.3. The number of phenolic OH excluding ortho intramolecular Hbond substituents is 1. The van der Waals surface area contributed by atoms with Crippen LogP contribution in [0.25, 0.3) is 0 Å². The molecule has 0 unspecified atom stereocenters. The van der Waals surface area contributed by atoms with Crippen LogP contribution in [0.5, 0.6) is 11.5 Å². The lowest BCUT2D eigenvalue weighted by Crippen LogP contribution is -2.22. The molecule has 138 valence electrons. The Labute approximate surface area is 154 Å². The van der Waals surface area contributed by atoms with Crippen LogP contribution in [0.3, 0.4) is 0 Å². The second-order valence-electron chi connectivity index (χ2n) is 5.74. The quantitative estimate of drug-likeness (QED) is 0.590. The van der Waals surface area contributed by atoms with E-state index in [4.69, 9.17) is 4.74 Å². The number of phenols is 1. The number of anilines is 1. The highest BCUT2D eigenvalue weighted by Crippen LogP contribution is 2.23. The first-order valence-corrected chi connectivity index (χ1v) is 8.57. The van der Waals surface area contributed by atoms with Gasteiger partial charge in [0.2, 0.25) is 0 Å². The minimum Gasteiger partial charge on any atom is -0.507 e. The van der Waals surface area contributed by atoms with Gasteiger partial charge in [-0.05, 0) is 63.2 Å². The van der Waals surface area contributed by atoms with Gasteiger partial charge in [-0.15, -0.1) is 0 Å². The van der Waals surface area contributed by atoms with Crippen molar-refractivity contribution in [3.8, 4) is 11.5 Å². The normalized spacial score (nSPS) is 11.2. The molecular weight excluding hydrogens is 330 g/mol. The fraction of sp³-hybridized carbons (Fsp3) is 0.300. The van der Waals surface area contributed by atoms with Gasteiger partial charge in [0.1, 0.15) is 11.5 Å². The van der Waals surface area contributed by atoms with E-state index in [2.05, 4.69) is 29.3 Å². The van der Waals surface area contributed by atoms with E-state index in [0.29, 0.717) is 22.6 Å². The van der Waals surface area contributed by atoms with Crippen LogP contribution in [0.4, 0.5) is 5.69 Å². The number of hydrogen-bond donors (Lipinski definition) is 2. The second-order valence-corrected chi connectivity index (χ2v) is 5.74. The van der Waals surface area contributed by atoms with Crippen LogP contribution in [0.1, 0.15) is 36.7 Å². The van der Waals surface area contributed by atoms with Gasteiger partial charge in [0.15, 0.2) is 0 Å². The van der Waals surface area contributed by atoms with Crippen molar-refractivity contribution in [2.24, 2.45) is 5.10 Å². The number of hydrazone groups is 1. The number of benzene rings is 2. The predicted molar refractivity (Wildman–Crippen MR) is 104 cm³/mol. The van der Waals surface area contributed by atoms with Crippen molar-refractivity contribution in [2.75, 3.05) is 25.1 Å². The maximum absolute atomic E-state index is 12.3. The monoisotopic (exact) mass is 355 g/mol. The molecule has 2 aromatic rings. The number of methoxy groups -OCH3 is 1. The molecule has 0 radical (unpaired) electrons. The van der Waals surface area contributed by atoms with E-state index in [1.165, 1.54) is 6.07 Å². The van der Waals surface area contributed by atoms with Gasteiger partial charge >= 0.3 is 0 Å². The maximum Gasteiger partial charge on any atom is 0.271 e. The molecule has 0 saturated carbocycles. The van der Waals surface area contributed by atoms with Gasteiger partial charge in [0.05, 0.1) is 12.8 Å². The Bertz CT molecular complexity index is 781. The smallest absolute Gasteiger partial charge is 0.271 e. The first-order chi connectivity index (χ1) is 12.5. The van der Waals surface area contributed by atoms with Crippen LogP contribution in [-0.4, -0.2) is 36.9 Å². The van der Waals surface area contributed by atoms with Crippen LogP contribution in [0.15, 0.2) is 47.6 Å². The van der Waals surface area contributed by atoms with Crippen molar-refractivity contribution < 1.29 is 14.6 Å². The first-order valence-electron chi connectivity index (χ1n) is 8.57. The van der Waals surface area contributed by atoms with E-state index in [1.54, 1.807) is 38.3 Å². The molecule has 1 amide bonds. The minimum atomic E-state index is -0.308.